The van der Waals surface area contributed by atoms with Gasteiger partial charge in [-0.1, -0.05) is 13.8 Å². The topological polar surface area (TPSA) is 65.5 Å². The maximum absolute atomic E-state index is 11.9. The lowest BCUT2D eigenvalue weighted by Gasteiger charge is -2.13. The molecule has 0 rings (SSSR count). The zero-order valence-electron chi connectivity index (χ0n) is 11.8. The molecule has 0 aliphatic heterocycles. The summed E-state index contributed by atoms with van der Waals surface area (Å²) < 4.78 is 35.8. The predicted octanol–water partition coefficient (Wildman–Crippen LogP) is 1.49. The summed E-state index contributed by atoms with van der Waals surface area (Å²) in [6.45, 7) is 4.10. The highest BCUT2D eigenvalue weighted by Crippen LogP contribution is 2.17. The van der Waals surface area contributed by atoms with E-state index in [0.717, 1.165) is 0 Å². The Morgan fingerprint density at radius 3 is 2.05 bits per heavy atom. The molecule has 20 heavy (non-hydrogen) atoms. The average molecular weight is 410 g/mol. The van der Waals surface area contributed by atoms with Crippen molar-refractivity contribution in [2.24, 2.45) is 10.9 Å². The lowest BCUT2D eigenvalue weighted by molar-refractivity contribution is -0.132. The van der Waals surface area contributed by atoms with Gasteiger partial charge in [0.25, 0.3) is 0 Å². The Balaban J connectivity index is 0. The van der Waals surface area contributed by atoms with E-state index in [-0.39, 0.29) is 48.3 Å². The quantitative estimate of drug-likeness (QED) is 0.269. The van der Waals surface area contributed by atoms with E-state index >= 15 is 0 Å². The first-order valence-corrected chi connectivity index (χ1v) is 6.05. The lowest BCUT2D eigenvalue weighted by Crippen LogP contribution is -2.42. The predicted molar refractivity (Wildman–Crippen MR) is 83.3 cm³/mol. The fourth-order valence-corrected chi connectivity index (χ4v) is 1.11. The number of nitrogens with zero attached hydrogens (tertiary/aromatic N) is 1. The summed E-state index contributed by atoms with van der Waals surface area (Å²) in [4.78, 5) is 15.0. The van der Waals surface area contributed by atoms with E-state index < -0.39 is 12.6 Å². The van der Waals surface area contributed by atoms with Crippen molar-refractivity contribution in [2.45, 2.75) is 26.4 Å². The van der Waals surface area contributed by atoms with Gasteiger partial charge in [-0.05, 0) is 0 Å². The molecule has 5 nitrogen and oxygen atoms in total. The van der Waals surface area contributed by atoms with Crippen LogP contribution < -0.4 is 16.0 Å². The van der Waals surface area contributed by atoms with Crippen molar-refractivity contribution >= 4 is 35.8 Å². The second-order valence-electron chi connectivity index (χ2n) is 4.24. The Hall–Kier alpha value is -0.740. The highest BCUT2D eigenvalue weighted by molar-refractivity contribution is 14.0. The molecular weight excluding hydrogens is 388 g/mol. The third-order valence-electron chi connectivity index (χ3n) is 2.17. The van der Waals surface area contributed by atoms with Gasteiger partial charge >= 0.3 is 6.18 Å². The molecule has 0 heterocycles. The van der Waals surface area contributed by atoms with Crippen molar-refractivity contribution in [3.63, 3.8) is 0 Å². The number of halogens is 4. The summed E-state index contributed by atoms with van der Waals surface area (Å²) >= 11 is 0. The molecule has 0 bridgehead atoms. The number of guanidine groups is 1. The molecule has 0 aromatic rings. The van der Waals surface area contributed by atoms with Crippen LogP contribution in [0.3, 0.4) is 0 Å². The summed E-state index contributed by atoms with van der Waals surface area (Å²) in [5, 5.41) is 8.03. The van der Waals surface area contributed by atoms with Gasteiger partial charge < -0.3 is 16.0 Å². The van der Waals surface area contributed by atoms with Crippen LogP contribution in [0.2, 0.25) is 0 Å². The van der Waals surface area contributed by atoms with Crippen molar-refractivity contribution in [3.05, 3.63) is 0 Å². The van der Waals surface area contributed by atoms with Gasteiger partial charge in [0, 0.05) is 32.6 Å². The molecule has 1 amide bonds. The van der Waals surface area contributed by atoms with Gasteiger partial charge in [0.05, 0.1) is 6.42 Å². The smallest absolute Gasteiger partial charge is 0.356 e. The first kappa shape index (κ1) is 21.6. The fourth-order valence-electron chi connectivity index (χ4n) is 1.11. The molecule has 0 saturated heterocycles. The molecule has 0 unspecified atom stereocenters. The number of aliphatic imine (C=N–C) groups is 1. The number of hydrogen-bond donors (Lipinski definition) is 3. The normalized spacial score (nSPS) is 11.8. The minimum absolute atomic E-state index is 0. The number of carbonyl (C=O) groups is 1. The molecule has 0 atom stereocenters. The van der Waals surface area contributed by atoms with Gasteiger partial charge in [-0.2, -0.15) is 13.2 Å². The van der Waals surface area contributed by atoms with Crippen LogP contribution in [-0.4, -0.2) is 44.7 Å². The van der Waals surface area contributed by atoms with E-state index in [1.54, 1.807) is 13.8 Å². The maximum Gasteiger partial charge on any atom is 0.390 e. The largest absolute Gasteiger partial charge is 0.390 e. The SMILES string of the molecule is CN=C(NCCNC(=O)C(C)C)NCCC(F)(F)F.I. The summed E-state index contributed by atoms with van der Waals surface area (Å²) in [7, 11) is 1.47. The molecule has 0 aromatic carbocycles. The second kappa shape index (κ2) is 11.0. The zero-order valence-corrected chi connectivity index (χ0v) is 14.1. The summed E-state index contributed by atoms with van der Waals surface area (Å²) in [5.74, 6) is 0.120. The van der Waals surface area contributed by atoms with E-state index in [2.05, 4.69) is 20.9 Å². The van der Waals surface area contributed by atoms with Gasteiger partial charge in [0.1, 0.15) is 0 Å². The number of carbonyl (C=O) groups excluding carboxylic acids is 1. The summed E-state index contributed by atoms with van der Waals surface area (Å²) in [6, 6.07) is 0. The molecule has 0 aliphatic rings. The number of nitrogens with one attached hydrogen (secondary N) is 3. The van der Waals surface area contributed by atoms with Crippen LogP contribution in [0.4, 0.5) is 13.2 Å². The van der Waals surface area contributed by atoms with Crippen LogP contribution in [0, 0.1) is 5.92 Å². The van der Waals surface area contributed by atoms with E-state index in [1.807, 2.05) is 0 Å². The zero-order chi connectivity index (χ0) is 14.9. The van der Waals surface area contributed by atoms with Gasteiger partial charge in [-0.25, -0.2) is 0 Å². The van der Waals surface area contributed by atoms with Gasteiger partial charge in [0.2, 0.25) is 5.91 Å². The van der Waals surface area contributed by atoms with Gasteiger partial charge in [-0.3, -0.25) is 9.79 Å². The highest BCUT2D eigenvalue weighted by atomic mass is 127. The maximum atomic E-state index is 11.9. The van der Waals surface area contributed by atoms with Crippen molar-refractivity contribution in [2.75, 3.05) is 26.7 Å². The van der Waals surface area contributed by atoms with E-state index in [4.69, 9.17) is 0 Å². The van der Waals surface area contributed by atoms with Crippen LogP contribution in [0.15, 0.2) is 4.99 Å². The fraction of sp³-hybridized carbons (Fsp3) is 0.818. The highest BCUT2D eigenvalue weighted by Gasteiger charge is 2.26. The van der Waals surface area contributed by atoms with Gasteiger partial charge in [-0.15, -0.1) is 24.0 Å². The first-order valence-electron chi connectivity index (χ1n) is 6.05. The lowest BCUT2D eigenvalue weighted by atomic mass is 10.2. The van der Waals surface area contributed by atoms with Crippen LogP contribution in [0.5, 0.6) is 0 Å². The second-order valence-corrected chi connectivity index (χ2v) is 4.24. The molecule has 0 aromatic heterocycles. The average Bonchev–Trinajstić information content (AvgIpc) is 2.30. The third-order valence-corrected chi connectivity index (χ3v) is 2.17. The molecular formula is C11H22F3IN4O. The number of amides is 1. The molecule has 0 radical (unpaired) electrons. The summed E-state index contributed by atoms with van der Waals surface area (Å²) in [5.41, 5.74) is 0. The number of hydrogen-bond acceptors (Lipinski definition) is 2. The molecule has 0 aliphatic carbocycles. The van der Waals surface area contributed by atoms with Crippen molar-refractivity contribution in [1.82, 2.24) is 16.0 Å². The minimum atomic E-state index is -4.18. The molecule has 0 saturated carbocycles. The van der Waals surface area contributed by atoms with Crippen LogP contribution in [0.1, 0.15) is 20.3 Å². The van der Waals surface area contributed by atoms with E-state index in [0.29, 0.717) is 13.1 Å². The minimum Gasteiger partial charge on any atom is -0.356 e. The Morgan fingerprint density at radius 2 is 1.60 bits per heavy atom. The Kier molecular flexibility index (Phi) is 11.8. The standard InChI is InChI=1S/C11H21F3N4O.HI/c1-8(2)9(19)16-6-7-18-10(15-3)17-5-4-11(12,13)14;/h8H,4-7H2,1-3H3,(H,16,19)(H2,15,17,18);1H. The Morgan fingerprint density at radius 1 is 1.10 bits per heavy atom. The molecule has 0 spiro atoms. The molecule has 9 heteroatoms. The Labute approximate surface area is 134 Å². The van der Waals surface area contributed by atoms with Crippen LogP contribution >= 0.6 is 24.0 Å². The summed E-state index contributed by atoms with van der Waals surface area (Å²) in [6.07, 6.45) is -5.10. The van der Waals surface area contributed by atoms with Gasteiger partial charge in [0.15, 0.2) is 5.96 Å². The van der Waals surface area contributed by atoms with Crippen molar-refractivity contribution < 1.29 is 18.0 Å². The van der Waals surface area contributed by atoms with E-state index in [9.17, 15) is 18.0 Å². The third kappa shape index (κ3) is 12.3. The first-order chi connectivity index (χ1) is 8.76. The van der Waals surface area contributed by atoms with Crippen molar-refractivity contribution in [3.8, 4) is 0 Å². The molecule has 120 valence electrons. The number of alkyl halides is 3. The van der Waals surface area contributed by atoms with Crippen molar-refractivity contribution in [1.29, 1.82) is 0 Å². The number of rotatable bonds is 6. The Bertz CT molecular complexity index is 309. The molecule has 3 N–H and O–H groups in total. The van der Waals surface area contributed by atoms with Crippen LogP contribution in [-0.2, 0) is 4.79 Å². The molecule has 0 fully saturated rings. The van der Waals surface area contributed by atoms with Crippen LogP contribution in [0.25, 0.3) is 0 Å². The van der Waals surface area contributed by atoms with E-state index in [1.165, 1.54) is 7.05 Å². The monoisotopic (exact) mass is 410 g/mol.